The highest BCUT2D eigenvalue weighted by atomic mass is 16.3. The summed E-state index contributed by atoms with van der Waals surface area (Å²) in [5.74, 6) is -0.351. The largest absolute Gasteiger partial charge is 0.396 e. The van der Waals surface area contributed by atoms with E-state index in [1.54, 1.807) is 6.92 Å². The Morgan fingerprint density at radius 1 is 1.60 bits per heavy atom. The molecule has 10 heavy (non-hydrogen) atoms. The van der Waals surface area contributed by atoms with E-state index < -0.39 is 12.5 Å². The van der Waals surface area contributed by atoms with Crippen LogP contribution >= 0.6 is 0 Å². The van der Waals surface area contributed by atoms with Gasteiger partial charge in [0.2, 0.25) is 5.91 Å². The second-order valence-electron chi connectivity index (χ2n) is 2.25. The Morgan fingerprint density at radius 2 is 2.20 bits per heavy atom. The van der Waals surface area contributed by atoms with E-state index in [2.05, 4.69) is 5.32 Å². The topological polar surface area (TPSA) is 69.6 Å². The van der Waals surface area contributed by atoms with Crippen LogP contribution in [-0.2, 0) is 4.79 Å². The Balaban J connectivity index is 3.26. The quantitative estimate of drug-likeness (QED) is 0.464. The molecule has 0 fully saturated rings. The van der Waals surface area contributed by atoms with Crippen LogP contribution in [0.3, 0.4) is 0 Å². The van der Waals surface area contributed by atoms with Gasteiger partial charge in [-0.2, -0.15) is 0 Å². The van der Waals surface area contributed by atoms with Gasteiger partial charge < -0.3 is 15.5 Å². The maximum absolute atomic E-state index is 10.4. The predicted molar refractivity (Wildman–Crippen MR) is 36.3 cm³/mol. The molecule has 0 radical (unpaired) electrons. The number of nitrogens with one attached hydrogen (secondary N) is 1. The van der Waals surface area contributed by atoms with Crippen molar-refractivity contribution in [3.63, 3.8) is 0 Å². The van der Waals surface area contributed by atoms with Crippen molar-refractivity contribution < 1.29 is 15.0 Å². The molecule has 0 saturated heterocycles. The van der Waals surface area contributed by atoms with Gasteiger partial charge in [-0.25, -0.2) is 0 Å². The normalized spacial score (nSPS) is 12.7. The summed E-state index contributed by atoms with van der Waals surface area (Å²) in [6.07, 6.45) is 0. The van der Waals surface area contributed by atoms with Gasteiger partial charge in [-0.05, 0) is 5.92 Å². The Labute approximate surface area is 59.9 Å². The van der Waals surface area contributed by atoms with Crippen molar-refractivity contribution in [2.24, 2.45) is 5.92 Å². The molecule has 4 heteroatoms. The van der Waals surface area contributed by atoms with Gasteiger partial charge in [0, 0.05) is 13.2 Å². The summed E-state index contributed by atoms with van der Waals surface area (Å²) in [6, 6.07) is 0. The molecular formula is C6H13NO3. The average molecular weight is 147 g/mol. The first kappa shape index (κ1) is 9.39. The van der Waals surface area contributed by atoms with Crippen molar-refractivity contribution in [2.45, 2.75) is 6.92 Å². The molecule has 60 valence electrons. The zero-order valence-corrected chi connectivity index (χ0v) is 6.00. The molecule has 1 amide bonds. The van der Waals surface area contributed by atoms with E-state index >= 15 is 0 Å². The summed E-state index contributed by atoms with van der Waals surface area (Å²) in [6.45, 7) is 1.78. The minimum absolute atomic E-state index is 0.0473. The van der Waals surface area contributed by atoms with Crippen LogP contribution in [-0.4, -0.2) is 35.9 Å². The Morgan fingerprint density at radius 3 is 2.60 bits per heavy atom. The van der Waals surface area contributed by atoms with Gasteiger partial charge in [0.05, 0.1) is 0 Å². The number of rotatable bonds is 4. The molecule has 0 aliphatic carbocycles. The lowest BCUT2D eigenvalue weighted by Crippen LogP contribution is -2.31. The van der Waals surface area contributed by atoms with Crippen LogP contribution in [0.4, 0.5) is 0 Å². The summed E-state index contributed by atoms with van der Waals surface area (Å²) in [7, 11) is 0. The van der Waals surface area contributed by atoms with Gasteiger partial charge in [-0.1, -0.05) is 6.92 Å². The van der Waals surface area contributed by atoms with Crippen molar-refractivity contribution in [3.8, 4) is 0 Å². The highest BCUT2D eigenvalue weighted by molar-refractivity contribution is 5.76. The number of amides is 1. The number of carbonyl (C=O) groups is 1. The van der Waals surface area contributed by atoms with E-state index in [0.717, 1.165) is 0 Å². The van der Waals surface area contributed by atoms with Gasteiger partial charge >= 0.3 is 0 Å². The molecular weight excluding hydrogens is 134 g/mol. The van der Waals surface area contributed by atoms with Crippen LogP contribution in [0, 0.1) is 5.92 Å². The van der Waals surface area contributed by atoms with Gasteiger partial charge in [0.1, 0.15) is 6.61 Å². The summed E-state index contributed by atoms with van der Waals surface area (Å²) in [5.41, 5.74) is 0. The van der Waals surface area contributed by atoms with E-state index in [0.29, 0.717) is 6.54 Å². The number of hydrogen-bond donors (Lipinski definition) is 3. The molecule has 0 saturated carbocycles. The van der Waals surface area contributed by atoms with Crippen LogP contribution in [0.2, 0.25) is 0 Å². The number of aliphatic hydroxyl groups is 2. The molecule has 0 aliphatic heterocycles. The van der Waals surface area contributed by atoms with E-state index in [-0.39, 0.29) is 12.5 Å². The lowest BCUT2D eigenvalue weighted by Gasteiger charge is -2.07. The monoisotopic (exact) mass is 147 g/mol. The third-order valence-electron chi connectivity index (χ3n) is 1.10. The van der Waals surface area contributed by atoms with Crippen LogP contribution < -0.4 is 5.32 Å². The molecule has 0 aromatic rings. The molecule has 0 aromatic carbocycles. The van der Waals surface area contributed by atoms with E-state index in [1.807, 2.05) is 0 Å². The van der Waals surface area contributed by atoms with Crippen LogP contribution in [0.25, 0.3) is 0 Å². The van der Waals surface area contributed by atoms with Crippen molar-refractivity contribution in [3.05, 3.63) is 0 Å². The maximum Gasteiger partial charge on any atom is 0.245 e. The molecule has 0 aliphatic rings. The predicted octanol–water partition coefficient (Wildman–Crippen LogP) is -1.28. The van der Waals surface area contributed by atoms with Gasteiger partial charge in [-0.3, -0.25) is 4.79 Å². The lowest BCUT2D eigenvalue weighted by molar-refractivity contribution is -0.124. The van der Waals surface area contributed by atoms with E-state index in [9.17, 15) is 4.79 Å². The Hall–Kier alpha value is -0.610. The first-order valence-electron chi connectivity index (χ1n) is 3.19. The smallest absolute Gasteiger partial charge is 0.245 e. The second-order valence-corrected chi connectivity index (χ2v) is 2.25. The molecule has 0 bridgehead atoms. The minimum Gasteiger partial charge on any atom is -0.396 e. The highest BCUT2D eigenvalue weighted by Gasteiger charge is 2.01. The van der Waals surface area contributed by atoms with Crippen molar-refractivity contribution in [1.82, 2.24) is 5.32 Å². The fourth-order valence-corrected chi connectivity index (χ4v) is 0.409. The minimum atomic E-state index is -0.488. The first-order chi connectivity index (χ1) is 4.70. The number of aliphatic hydroxyl groups excluding tert-OH is 2. The molecule has 3 N–H and O–H groups in total. The first-order valence-corrected chi connectivity index (χ1v) is 3.19. The van der Waals surface area contributed by atoms with Crippen molar-refractivity contribution in [2.75, 3.05) is 19.8 Å². The molecule has 0 heterocycles. The zero-order chi connectivity index (χ0) is 7.98. The standard InChI is InChI=1S/C6H13NO3/c1-5(3-8)2-7-6(10)4-9/h5,8-9H,2-4H2,1H3,(H,7,10). The molecule has 0 rings (SSSR count). The molecule has 0 spiro atoms. The fraction of sp³-hybridized carbons (Fsp3) is 0.833. The zero-order valence-electron chi connectivity index (χ0n) is 6.00. The second kappa shape index (κ2) is 5.20. The van der Waals surface area contributed by atoms with E-state index in [4.69, 9.17) is 10.2 Å². The molecule has 1 atom stereocenters. The average Bonchev–Trinajstić information content (AvgIpc) is 1.99. The van der Waals surface area contributed by atoms with Crippen LogP contribution in [0.15, 0.2) is 0 Å². The number of hydrogen-bond acceptors (Lipinski definition) is 3. The van der Waals surface area contributed by atoms with Gasteiger partial charge in [0.15, 0.2) is 0 Å². The molecule has 1 unspecified atom stereocenters. The summed E-state index contributed by atoms with van der Waals surface area (Å²) in [5, 5.41) is 19.2. The van der Waals surface area contributed by atoms with Gasteiger partial charge in [-0.15, -0.1) is 0 Å². The van der Waals surface area contributed by atoms with Gasteiger partial charge in [0.25, 0.3) is 0 Å². The summed E-state index contributed by atoms with van der Waals surface area (Å²) in [4.78, 5) is 10.4. The highest BCUT2D eigenvalue weighted by Crippen LogP contribution is 1.87. The summed E-state index contributed by atoms with van der Waals surface area (Å²) >= 11 is 0. The Kier molecular flexibility index (Phi) is 4.88. The maximum atomic E-state index is 10.4. The third-order valence-corrected chi connectivity index (χ3v) is 1.10. The SMILES string of the molecule is CC(CO)CNC(=O)CO. The number of carbonyl (C=O) groups excluding carboxylic acids is 1. The third kappa shape index (κ3) is 4.29. The molecule has 4 nitrogen and oxygen atoms in total. The van der Waals surface area contributed by atoms with E-state index in [1.165, 1.54) is 0 Å². The van der Waals surface area contributed by atoms with Crippen LogP contribution in [0.1, 0.15) is 6.92 Å². The fourth-order valence-electron chi connectivity index (χ4n) is 0.409. The van der Waals surface area contributed by atoms with Crippen molar-refractivity contribution in [1.29, 1.82) is 0 Å². The van der Waals surface area contributed by atoms with Crippen molar-refractivity contribution >= 4 is 5.91 Å². The summed E-state index contributed by atoms with van der Waals surface area (Å²) < 4.78 is 0. The molecule has 0 aromatic heterocycles. The van der Waals surface area contributed by atoms with Crippen LogP contribution in [0.5, 0.6) is 0 Å². The lowest BCUT2D eigenvalue weighted by atomic mass is 10.2. The Bertz CT molecular complexity index is 105.